The Hall–Kier alpha value is -3.58. The van der Waals surface area contributed by atoms with Crippen LogP contribution in [0, 0.1) is 5.82 Å². The third kappa shape index (κ3) is 5.81. The molecule has 0 atom stereocenters. The predicted molar refractivity (Wildman–Crippen MR) is 126 cm³/mol. The van der Waals surface area contributed by atoms with Gasteiger partial charge in [-0.05, 0) is 61.0 Å². The van der Waals surface area contributed by atoms with Gasteiger partial charge < -0.3 is 24.1 Å². The fourth-order valence-corrected chi connectivity index (χ4v) is 3.56. The zero-order chi connectivity index (χ0) is 23.0. The summed E-state index contributed by atoms with van der Waals surface area (Å²) >= 11 is 0. The van der Waals surface area contributed by atoms with E-state index in [0.717, 1.165) is 22.4 Å². The Balaban J connectivity index is 1.31. The Morgan fingerprint density at radius 1 is 0.879 bits per heavy atom. The maximum atomic E-state index is 13.0. The molecule has 0 saturated heterocycles. The largest absolute Gasteiger partial charge is 0.490 e. The van der Waals surface area contributed by atoms with Crippen molar-refractivity contribution < 1.29 is 18.6 Å². The van der Waals surface area contributed by atoms with Gasteiger partial charge >= 0.3 is 0 Å². The summed E-state index contributed by atoms with van der Waals surface area (Å²) in [4.78, 5) is 4.70. The molecular formula is C26H28FN3O3. The smallest absolute Gasteiger partial charge is 0.161 e. The highest BCUT2D eigenvalue weighted by atomic mass is 19.1. The maximum absolute atomic E-state index is 13.0. The van der Waals surface area contributed by atoms with Crippen LogP contribution in [0.25, 0.3) is 11.0 Å². The van der Waals surface area contributed by atoms with E-state index in [1.165, 1.54) is 12.1 Å². The molecule has 3 aromatic carbocycles. The van der Waals surface area contributed by atoms with Crippen LogP contribution in [0.15, 0.2) is 66.7 Å². The van der Waals surface area contributed by atoms with Gasteiger partial charge in [0.25, 0.3) is 0 Å². The summed E-state index contributed by atoms with van der Waals surface area (Å²) in [6.07, 6.45) is 0. The minimum Gasteiger partial charge on any atom is -0.490 e. The fraction of sp³-hybridized carbons (Fsp3) is 0.269. The molecule has 6 nitrogen and oxygen atoms in total. The summed E-state index contributed by atoms with van der Waals surface area (Å²) < 4.78 is 32.3. The molecule has 0 radical (unpaired) electrons. The standard InChI is InChI=1S/C26H28FN3O3/c1-3-31-25-16-19(17-28-18-26-29-22-6-4-5-7-23(22)30(26)2)8-13-24(25)33-15-14-32-21-11-9-20(27)10-12-21/h4-13,16,28H,3,14-15,17-18H2,1-2H3. The zero-order valence-corrected chi connectivity index (χ0v) is 18.9. The SMILES string of the molecule is CCOc1cc(CNCc2nc3ccccc3n2C)ccc1OCCOc1ccc(F)cc1. The number of aryl methyl sites for hydroxylation is 1. The van der Waals surface area contributed by atoms with Crippen molar-refractivity contribution in [3.63, 3.8) is 0 Å². The summed E-state index contributed by atoms with van der Waals surface area (Å²) in [5.74, 6) is 2.66. The van der Waals surface area contributed by atoms with E-state index in [9.17, 15) is 4.39 Å². The maximum Gasteiger partial charge on any atom is 0.161 e. The Bertz CT molecular complexity index is 1190. The van der Waals surface area contributed by atoms with Gasteiger partial charge in [-0.1, -0.05) is 18.2 Å². The van der Waals surface area contributed by atoms with Gasteiger partial charge in [0.05, 0.1) is 24.2 Å². The lowest BCUT2D eigenvalue weighted by Crippen LogP contribution is -2.16. The Morgan fingerprint density at radius 2 is 1.67 bits per heavy atom. The van der Waals surface area contributed by atoms with Crippen LogP contribution in [0.3, 0.4) is 0 Å². The molecule has 0 fully saturated rings. The van der Waals surface area contributed by atoms with Crippen molar-refractivity contribution in [2.75, 3.05) is 19.8 Å². The molecule has 4 aromatic rings. The number of hydrogen-bond acceptors (Lipinski definition) is 5. The number of fused-ring (bicyclic) bond motifs is 1. The van der Waals surface area contributed by atoms with Crippen LogP contribution in [0.4, 0.5) is 4.39 Å². The third-order valence-corrected chi connectivity index (χ3v) is 5.22. The number of nitrogens with one attached hydrogen (secondary N) is 1. The minimum absolute atomic E-state index is 0.289. The molecule has 0 amide bonds. The van der Waals surface area contributed by atoms with Gasteiger partial charge in [-0.3, -0.25) is 0 Å². The number of aromatic nitrogens is 2. The average Bonchev–Trinajstić information content (AvgIpc) is 3.15. The van der Waals surface area contributed by atoms with Crippen LogP contribution >= 0.6 is 0 Å². The van der Waals surface area contributed by atoms with E-state index in [4.69, 9.17) is 19.2 Å². The van der Waals surface area contributed by atoms with Crippen LogP contribution < -0.4 is 19.5 Å². The second kappa shape index (κ2) is 10.8. The van der Waals surface area contributed by atoms with Crippen LogP contribution in [0.2, 0.25) is 0 Å². The van der Waals surface area contributed by atoms with Crippen LogP contribution in [-0.4, -0.2) is 29.4 Å². The predicted octanol–water partition coefficient (Wildman–Crippen LogP) is 4.86. The number of benzene rings is 3. The van der Waals surface area contributed by atoms with Crippen molar-refractivity contribution in [1.29, 1.82) is 0 Å². The van der Waals surface area contributed by atoms with E-state index in [2.05, 4.69) is 16.0 Å². The highest BCUT2D eigenvalue weighted by Gasteiger charge is 2.09. The summed E-state index contributed by atoms with van der Waals surface area (Å²) in [6, 6.07) is 20.0. The lowest BCUT2D eigenvalue weighted by molar-refractivity contribution is 0.208. The molecule has 1 heterocycles. The molecule has 1 N–H and O–H groups in total. The van der Waals surface area contributed by atoms with E-state index in [0.29, 0.717) is 50.2 Å². The van der Waals surface area contributed by atoms with E-state index in [1.54, 1.807) is 12.1 Å². The first-order valence-electron chi connectivity index (χ1n) is 11.0. The first kappa shape index (κ1) is 22.6. The molecule has 0 aliphatic heterocycles. The van der Waals surface area contributed by atoms with Crippen LogP contribution in [-0.2, 0) is 20.1 Å². The lowest BCUT2D eigenvalue weighted by Gasteiger charge is -2.14. The third-order valence-electron chi connectivity index (χ3n) is 5.22. The van der Waals surface area contributed by atoms with Crippen LogP contribution in [0.1, 0.15) is 18.3 Å². The summed E-state index contributed by atoms with van der Waals surface area (Å²) in [5, 5.41) is 3.46. The number of ether oxygens (including phenoxy) is 3. The molecule has 172 valence electrons. The Labute approximate surface area is 192 Å². The quantitative estimate of drug-likeness (QED) is 0.332. The topological polar surface area (TPSA) is 57.5 Å². The summed E-state index contributed by atoms with van der Waals surface area (Å²) in [7, 11) is 2.03. The number of nitrogens with zero attached hydrogens (tertiary/aromatic N) is 2. The first-order chi connectivity index (χ1) is 16.1. The van der Waals surface area contributed by atoms with E-state index in [1.807, 2.05) is 50.4 Å². The number of imidazole rings is 1. The van der Waals surface area contributed by atoms with Gasteiger partial charge in [0.15, 0.2) is 11.5 Å². The van der Waals surface area contributed by atoms with Crippen molar-refractivity contribution in [2.24, 2.45) is 7.05 Å². The van der Waals surface area contributed by atoms with Crippen LogP contribution in [0.5, 0.6) is 17.2 Å². The molecule has 0 unspecified atom stereocenters. The van der Waals surface area contributed by atoms with Crippen molar-refractivity contribution in [2.45, 2.75) is 20.0 Å². The fourth-order valence-electron chi connectivity index (χ4n) is 3.56. The van der Waals surface area contributed by atoms with Crippen molar-refractivity contribution in [3.8, 4) is 17.2 Å². The molecule has 0 spiro atoms. The molecule has 1 aromatic heterocycles. The number of rotatable bonds is 11. The second-order valence-electron chi connectivity index (χ2n) is 7.54. The van der Waals surface area contributed by atoms with Gasteiger partial charge in [0.1, 0.15) is 30.6 Å². The second-order valence-corrected chi connectivity index (χ2v) is 7.54. The summed E-state index contributed by atoms with van der Waals surface area (Å²) in [6.45, 7) is 4.52. The average molecular weight is 450 g/mol. The molecule has 4 rings (SSSR count). The monoisotopic (exact) mass is 449 g/mol. The first-order valence-corrected chi connectivity index (χ1v) is 11.0. The molecule has 0 aliphatic carbocycles. The van der Waals surface area contributed by atoms with Gasteiger partial charge in [-0.15, -0.1) is 0 Å². The molecule has 0 saturated carbocycles. The van der Waals surface area contributed by atoms with E-state index in [-0.39, 0.29) is 5.82 Å². The van der Waals surface area contributed by atoms with E-state index < -0.39 is 0 Å². The van der Waals surface area contributed by atoms with Gasteiger partial charge in [0, 0.05) is 13.6 Å². The van der Waals surface area contributed by atoms with Gasteiger partial charge in [-0.2, -0.15) is 0 Å². The molecule has 33 heavy (non-hydrogen) atoms. The van der Waals surface area contributed by atoms with Gasteiger partial charge in [0.2, 0.25) is 0 Å². The molecule has 7 heteroatoms. The molecular weight excluding hydrogens is 421 g/mol. The van der Waals surface area contributed by atoms with Crippen molar-refractivity contribution in [1.82, 2.24) is 14.9 Å². The zero-order valence-electron chi connectivity index (χ0n) is 18.9. The van der Waals surface area contributed by atoms with Crippen molar-refractivity contribution in [3.05, 3.63) is 83.9 Å². The van der Waals surface area contributed by atoms with Gasteiger partial charge in [-0.25, -0.2) is 9.37 Å². The highest BCUT2D eigenvalue weighted by Crippen LogP contribution is 2.28. The number of para-hydroxylation sites is 2. The lowest BCUT2D eigenvalue weighted by atomic mass is 10.2. The Kier molecular flexibility index (Phi) is 7.42. The summed E-state index contributed by atoms with van der Waals surface area (Å²) in [5.41, 5.74) is 3.21. The molecule has 0 bridgehead atoms. The number of hydrogen-bond donors (Lipinski definition) is 1. The number of halogens is 1. The van der Waals surface area contributed by atoms with Crippen molar-refractivity contribution >= 4 is 11.0 Å². The van der Waals surface area contributed by atoms with E-state index >= 15 is 0 Å². The Morgan fingerprint density at radius 3 is 2.45 bits per heavy atom. The highest BCUT2D eigenvalue weighted by molar-refractivity contribution is 5.75. The normalized spacial score (nSPS) is 11.0. The molecule has 0 aliphatic rings. The minimum atomic E-state index is -0.289.